The number of ether oxygens (including phenoxy) is 3. The van der Waals surface area contributed by atoms with Crippen molar-refractivity contribution in [2.45, 2.75) is 31.9 Å². The minimum atomic E-state index is 0.343. The Morgan fingerprint density at radius 1 is 1.32 bits per heavy atom. The van der Waals surface area contributed by atoms with Crippen molar-refractivity contribution in [1.29, 1.82) is 0 Å². The lowest BCUT2D eigenvalue weighted by Gasteiger charge is -2.34. The summed E-state index contributed by atoms with van der Waals surface area (Å²) < 4.78 is 16.1. The summed E-state index contributed by atoms with van der Waals surface area (Å²) >= 11 is 0. The maximum atomic E-state index is 5.91. The number of pyridine rings is 1. The Bertz CT molecular complexity index is 531. The lowest BCUT2D eigenvalue weighted by Crippen LogP contribution is -2.46. The van der Waals surface area contributed by atoms with E-state index in [1.807, 2.05) is 19.2 Å². The summed E-state index contributed by atoms with van der Waals surface area (Å²) in [5.41, 5.74) is 1.12. The van der Waals surface area contributed by atoms with Gasteiger partial charge < -0.3 is 24.4 Å². The van der Waals surface area contributed by atoms with Gasteiger partial charge in [0, 0.05) is 59.3 Å². The Hall–Kier alpha value is -1.86. The predicted molar refractivity (Wildman–Crippen MR) is 98.0 cm³/mol. The van der Waals surface area contributed by atoms with Crippen molar-refractivity contribution < 1.29 is 14.2 Å². The maximum Gasteiger partial charge on any atom is 0.213 e. The zero-order chi connectivity index (χ0) is 17.9. The maximum absolute atomic E-state index is 5.91. The zero-order valence-electron chi connectivity index (χ0n) is 15.5. The van der Waals surface area contributed by atoms with Crippen LogP contribution in [0.25, 0.3) is 0 Å². The molecule has 1 fully saturated rings. The lowest BCUT2D eigenvalue weighted by molar-refractivity contribution is 0.00989. The van der Waals surface area contributed by atoms with Crippen LogP contribution in [0.4, 0.5) is 0 Å². The zero-order valence-corrected chi connectivity index (χ0v) is 15.5. The summed E-state index contributed by atoms with van der Waals surface area (Å²) in [6.07, 6.45) is 5.10. The Morgan fingerprint density at radius 2 is 2.12 bits per heavy atom. The number of rotatable bonds is 8. The van der Waals surface area contributed by atoms with Crippen LogP contribution in [-0.4, -0.2) is 69.5 Å². The van der Waals surface area contributed by atoms with E-state index in [-0.39, 0.29) is 0 Å². The van der Waals surface area contributed by atoms with E-state index in [4.69, 9.17) is 14.2 Å². The van der Waals surface area contributed by atoms with Crippen LogP contribution in [0.5, 0.6) is 5.88 Å². The van der Waals surface area contributed by atoms with E-state index in [9.17, 15) is 0 Å². The number of nitrogens with zero attached hydrogens (tertiary/aromatic N) is 3. The third-order valence-electron chi connectivity index (χ3n) is 4.26. The van der Waals surface area contributed by atoms with Crippen LogP contribution in [-0.2, 0) is 16.0 Å². The van der Waals surface area contributed by atoms with Crippen LogP contribution in [0.2, 0.25) is 0 Å². The van der Waals surface area contributed by atoms with Gasteiger partial charge in [0.15, 0.2) is 5.96 Å². The molecule has 1 aliphatic heterocycles. The van der Waals surface area contributed by atoms with Crippen molar-refractivity contribution >= 4 is 5.96 Å². The molecule has 2 rings (SSSR count). The first-order valence-corrected chi connectivity index (χ1v) is 8.82. The number of nitrogens with one attached hydrogen (secondary N) is 1. The largest absolute Gasteiger partial charge is 0.481 e. The molecule has 0 saturated carbocycles. The Labute approximate surface area is 150 Å². The van der Waals surface area contributed by atoms with E-state index in [1.54, 1.807) is 20.4 Å². The number of methoxy groups -OCH3 is 2. The molecule has 0 aromatic carbocycles. The van der Waals surface area contributed by atoms with Gasteiger partial charge in [-0.05, 0) is 30.9 Å². The molecule has 0 aliphatic carbocycles. The van der Waals surface area contributed by atoms with E-state index in [0.29, 0.717) is 18.5 Å². The van der Waals surface area contributed by atoms with Crippen LogP contribution >= 0.6 is 0 Å². The smallest absolute Gasteiger partial charge is 0.213 e. The van der Waals surface area contributed by atoms with Gasteiger partial charge in [-0.3, -0.25) is 4.99 Å². The SMILES string of the molecule is CN=C(NCc1ccnc(OC)c1)N1CCC(OCCCOC)CC1. The van der Waals surface area contributed by atoms with Crippen LogP contribution in [0.1, 0.15) is 24.8 Å². The topological polar surface area (TPSA) is 68.2 Å². The van der Waals surface area contributed by atoms with Gasteiger partial charge in [0.05, 0.1) is 13.2 Å². The van der Waals surface area contributed by atoms with E-state index >= 15 is 0 Å². The van der Waals surface area contributed by atoms with E-state index in [1.165, 1.54) is 0 Å². The highest BCUT2D eigenvalue weighted by Crippen LogP contribution is 2.14. The third-order valence-corrected chi connectivity index (χ3v) is 4.26. The van der Waals surface area contributed by atoms with Crippen molar-refractivity contribution in [3.63, 3.8) is 0 Å². The van der Waals surface area contributed by atoms with Crippen LogP contribution < -0.4 is 10.1 Å². The molecule has 1 saturated heterocycles. The molecular formula is C18H30N4O3. The van der Waals surface area contributed by atoms with Gasteiger partial charge in [0.1, 0.15) is 0 Å². The van der Waals surface area contributed by atoms with Crippen LogP contribution in [0, 0.1) is 0 Å². The van der Waals surface area contributed by atoms with Crippen LogP contribution in [0.3, 0.4) is 0 Å². The van der Waals surface area contributed by atoms with Gasteiger partial charge in [-0.2, -0.15) is 0 Å². The van der Waals surface area contributed by atoms with E-state index < -0.39 is 0 Å². The molecule has 0 radical (unpaired) electrons. The average molecular weight is 350 g/mol. The lowest BCUT2D eigenvalue weighted by atomic mass is 10.1. The second kappa shape index (κ2) is 10.9. The van der Waals surface area contributed by atoms with Crippen molar-refractivity contribution in [1.82, 2.24) is 15.2 Å². The first-order valence-electron chi connectivity index (χ1n) is 8.82. The fourth-order valence-electron chi connectivity index (χ4n) is 2.87. The van der Waals surface area contributed by atoms with Gasteiger partial charge in [-0.1, -0.05) is 0 Å². The summed E-state index contributed by atoms with van der Waals surface area (Å²) in [5.74, 6) is 1.55. The summed E-state index contributed by atoms with van der Waals surface area (Å²) in [7, 11) is 5.17. The molecule has 1 N–H and O–H groups in total. The van der Waals surface area contributed by atoms with Crippen molar-refractivity contribution in [3.8, 4) is 5.88 Å². The second-order valence-electron chi connectivity index (χ2n) is 6.01. The number of likely N-dealkylation sites (tertiary alicyclic amines) is 1. The van der Waals surface area contributed by atoms with Gasteiger partial charge in [-0.15, -0.1) is 0 Å². The number of hydrogen-bond donors (Lipinski definition) is 1. The number of guanidine groups is 1. The van der Waals surface area contributed by atoms with Gasteiger partial charge in [0.25, 0.3) is 0 Å². The normalized spacial score (nSPS) is 16.1. The van der Waals surface area contributed by atoms with Crippen molar-refractivity contribution in [2.75, 3.05) is 47.6 Å². The Balaban J connectivity index is 1.74. The van der Waals surface area contributed by atoms with Gasteiger partial charge >= 0.3 is 0 Å². The first-order chi connectivity index (χ1) is 12.3. The molecule has 0 amide bonds. The van der Waals surface area contributed by atoms with E-state index in [0.717, 1.165) is 57.1 Å². The molecule has 1 aromatic heterocycles. The van der Waals surface area contributed by atoms with Crippen molar-refractivity contribution in [3.05, 3.63) is 23.9 Å². The molecule has 7 nitrogen and oxygen atoms in total. The standard InChI is InChI=1S/C18H30N4O3/c1-19-18(21-14-15-5-8-20-17(13-15)24-3)22-9-6-16(7-10-22)25-12-4-11-23-2/h5,8,13,16H,4,6-7,9-12,14H2,1-3H3,(H,19,21). The molecule has 0 atom stereocenters. The van der Waals surface area contributed by atoms with Crippen LogP contribution in [0.15, 0.2) is 23.3 Å². The number of piperidine rings is 1. The fourth-order valence-corrected chi connectivity index (χ4v) is 2.87. The minimum absolute atomic E-state index is 0.343. The third kappa shape index (κ3) is 6.51. The molecule has 140 valence electrons. The summed E-state index contributed by atoms with van der Waals surface area (Å²) in [6.45, 7) is 4.13. The highest BCUT2D eigenvalue weighted by atomic mass is 16.5. The number of aromatic nitrogens is 1. The molecule has 1 aromatic rings. The summed E-state index contributed by atoms with van der Waals surface area (Å²) in [6, 6.07) is 3.91. The quantitative estimate of drug-likeness (QED) is 0.437. The molecule has 0 spiro atoms. The molecule has 0 unspecified atom stereocenters. The molecule has 25 heavy (non-hydrogen) atoms. The highest BCUT2D eigenvalue weighted by Gasteiger charge is 2.21. The number of aliphatic imine (C=N–C) groups is 1. The van der Waals surface area contributed by atoms with Gasteiger partial charge in [-0.25, -0.2) is 4.98 Å². The summed E-state index contributed by atoms with van der Waals surface area (Å²) in [4.78, 5) is 10.8. The Kier molecular flexibility index (Phi) is 8.48. The molecule has 1 aliphatic rings. The predicted octanol–water partition coefficient (Wildman–Crippen LogP) is 1.68. The van der Waals surface area contributed by atoms with Gasteiger partial charge in [0.2, 0.25) is 5.88 Å². The molecule has 7 heteroatoms. The molecule has 0 bridgehead atoms. The molecule has 2 heterocycles. The first kappa shape index (κ1) is 19.5. The fraction of sp³-hybridized carbons (Fsp3) is 0.667. The monoisotopic (exact) mass is 350 g/mol. The van der Waals surface area contributed by atoms with E-state index in [2.05, 4.69) is 20.2 Å². The highest BCUT2D eigenvalue weighted by molar-refractivity contribution is 5.79. The van der Waals surface area contributed by atoms with Crippen molar-refractivity contribution in [2.24, 2.45) is 4.99 Å². The molecular weight excluding hydrogens is 320 g/mol. The minimum Gasteiger partial charge on any atom is -0.481 e. The Morgan fingerprint density at radius 3 is 2.80 bits per heavy atom. The number of hydrogen-bond acceptors (Lipinski definition) is 5. The summed E-state index contributed by atoms with van der Waals surface area (Å²) in [5, 5.41) is 3.42. The average Bonchev–Trinajstić information content (AvgIpc) is 2.67. The second-order valence-corrected chi connectivity index (χ2v) is 6.01.